The van der Waals surface area contributed by atoms with Gasteiger partial charge in [0, 0.05) is 0 Å². The molecule has 2 aliphatic rings. The molecule has 0 spiro atoms. The van der Waals surface area contributed by atoms with E-state index in [2.05, 4.69) is 0 Å². The van der Waals surface area contributed by atoms with Crippen LogP contribution in [0.1, 0.15) is 67.2 Å². The summed E-state index contributed by atoms with van der Waals surface area (Å²) in [4.78, 5) is 9.44. The van der Waals surface area contributed by atoms with E-state index in [1.807, 2.05) is 13.8 Å². The summed E-state index contributed by atoms with van der Waals surface area (Å²) in [5.41, 5.74) is 0. The number of hydrogen-bond acceptors (Lipinski definition) is 1. The third kappa shape index (κ3) is 7.11. The summed E-state index contributed by atoms with van der Waals surface area (Å²) < 4.78 is 0. The van der Waals surface area contributed by atoms with Crippen LogP contribution in [0.3, 0.4) is 0 Å². The van der Waals surface area contributed by atoms with E-state index in [1.165, 1.54) is 25.7 Å². The molecule has 0 aliphatic heterocycles. The smallest absolute Gasteiger partial charge is 0.126 e. The van der Waals surface area contributed by atoms with Crippen molar-refractivity contribution in [3.8, 4) is 0 Å². The lowest BCUT2D eigenvalue weighted by Gasteiger charge is -2.05. The van der Waals surface area contributed by atoms with Gasteiger partial charge in [0.1, 0.15) is 5.78 Å². The lowest BCUT2D eigenvalue weighted by Crippen LogP contribution is -1.90. The van der Waals surface area contributed by atoms with Crippen molar-refractivity contribution in [2.75, 3.05) is 0 Å². The van der Waals surface area contributed by atoms with E-state index in [0.717, 1.165) is 0 Å². The van der Waals surface area contributed by atoms with E-state index < -0.39 is 0 Å². The standard InChI is InChI=1S/C7H12.C3H6O.C2H6.CH4/c1-2-7-4-3-6(1)5-7;1-3(2)4;1-2;/h6-7H,1-5H2;1-2H3;1-2H3;1H4. The molecule has 0 atom stereocenters. The monoisotopic (exact) mass is 200 g/mol. The van der Waals surface area contributed by atoms with Gasteiger partial charge in [-0.2, -0.15) is 0 Å². The molecule has 2 bridgehead atoms. The van der Waals surface area contributed by atoms with Gasteiger partial charge in [-0.25, -0.2) is 0 Å². The van der Waals surface area contributed by atoms with Crippen molar-refractivity contribution < 1.29 is 4.79 Å². The van der Waals surface area contributed by atoms with Gasteiger partial charge < -0.3 is 4.79 Å². The largest absolute Gasteiger partial charge is 0.300 e. The Balaban J connectivity index is 0. The van der Waals surface area contributed by atoms with Crippen molar-refractivity contribution in [1.29, 1.82) is 0 Å². The predicted octanol–water partition coefficient (Wildman–Crippen LogP) is 4.45. The molecule has 2 aliphatic carbocycles. The Hall–Kier alpha value is -0.330. The molecule has 2 saturated carbocycles. The van der Waals surface area contributed by atoms with Crippen LogP contribution in [0.2, 0.25) is 0 Å². The van der Waals surface area contributed by atoms with Gasteiger partial charge in [0.05, 0.1) is 0 Å². The fraction of sp³-hybridized carbons (Fsp3) is 0.923. The normalized spacial score (nSPS) is 26.3. The molecule has 0 aromatic carbocycles. The molecule has 0 aromatic rings. The summed E-state index contributed by atoms with van der Waals surface area (Å²) in [6.45, 7) is 7.06. The molecule has 0 saturated heterocycles. The van der Waals surface area contributed by atoms with E-state index in [-0.39, 0.29) is 13.2 Å². The van der Waals surface area contributed by atoms with Gasteiger partial charge in [0.2, 0.25) is 0 Å². The third-order valence-electron chi connectivity index (χ3n) is 2.63. The second-order valence-electron chi connectivity index (χ2n) is 4.03. The highest BCUT2D eigenvalue weighted by atomic mass is 16.1. The fourth-order valence-corrected chi connectivity index (χ4v) is 2.17. The Labute approximate surface area is 90.3 Å². The van der Waals surface area contributed by atoms with E-state index >= 15 is 0 Å². The highest BCUT2D eigenvalue weighted by molar-refractivity contribution is 5.72. The molecular formula is C13H28O. The molecule has 0 unspecified atom stereocenters. The van der Waals surface area contributed by atoms with Crippen LogP contribution < -0.4 is 0 Å². The minimum Gasteiger partial charge on any atom is -0.300 e. The van der Waals surface area contributed by atoms with Crippen molar-refractivity contribution in [2.45, 2.75) is 67.2 Å². The van der Waals surface area contributed by atoms with Crippen LogP contribution in [-0.2, 0) is 4.79 Å². The highest BCUT2D eigenvalue weighted by Crippen LogP contribution is 2.43. The summed E-state index contributed by atoms with van der Waals surface area (Å²) in [7, 11) is 0. The molecule has 0 heterocycles. The topological polar surface area (TPSA) is 17.1 Å². The molecular weight excluding hydrogens is 172 g/mol. The first kappa shape index (κ1) is 16.1. The molecule has 0 radical (unpaired) electrons. The van der Waals surface area contributed by atoms with Gasteiger partial charge >= 0.3 is 0 Å². The summed E-state index contributed by atoms with van der Waals surface area (Å²) >= 11 is 0. The third-order valence-corrected chi connectivity index (χ3v) is 2.63. The van der Waals surface area contributed by atoms with Crippen LogP contribution in [0.4, 0.5) is 0 Å². The van der Waals surface area contributed by atoms with Crippen molar-refractivity contribution in [1.82, 2.24) is 0 Å². The lowest BCUT2D eigenvalue weighted by atomic mass is 10.0. The SMILES string of the molecule is C.C1CC2CCC1C2.CC.CC(C)=O. The van der Waals surface area contributed by atoms with Crippen LogP contribution in [-0.4, -0.2) is 5.78 Å². The van der Waals surface area contributed by atoms with Crippen LogP contribution in [0.15, 0.2) is 0 Å². The van der Waals surface area contributed by atoms with E-state index in [1.54, 1.807) is 32.1 Å². The quantitative estimate of drug-likeness (QED) is 0.564. The van der Waals surface area contributed by atoms with Gasteiger partial charge in [-0.3, -0.25) is 0 Å². The van der Waals surface area contributed by atoms with Crippen LogP contribution in [0.25, 0.3) is 0 Å². The van der Waals surface area contributed by atoms with Crippen molar-refractivity contribution >= 4 is 5.78 Å². The molecule has 0 N–H and O–H groups in total. The number of carbonyl (C=O) groups is 1. The number of fused-ring (bicyclic) bond motifs is 2. The first-order chi connectivity index (χ1) is 6.18. The average molecular weight is 200 g/mol. The molecule has 1 heteroatoms. The van der Waals surface area contributed by atoms with Crippen molar-refractivity contribution in [3.05, 3.63) is 0 Å². The van der Waals surface area contributed by atoms with Crippen molar-refractivity contribution in [3.63, 3.8) is 0 Å². The molecule has 0 amide bonds. The van der Waals surface area contributed by atoms with Gasteiger partial charge in [0.25, 0.3) is 0 Å². The van der Waals surface area contributed by atoms with E-state index in [0.29, 0.717) is 0 Å². The number of hydrogen-bond donors (Lipinski definition) is 0. The Morgan fingerprint density at radius 3 is 1.21 bits per heavy atom. The van der Waals surface area contributed by atoms with Gasteiger partial charge in [0.15, 0.2) is 0 Å². The second-order valence-corrected chi connectivity index (χ2v) is 4.03. The molecule has 2 fully saturated rings. The van der Waals surface area contributed by atoms with Gasteiger partial charge in [-0.15, -0.1) is 0 Å². The summed E-state index contributed by atoms with van der Waals surface area (Å²) in [6.07, 6.45) is 7.82. The molecule has 86 valence electrons. The number of rotatable bonds is 0. The van der Waals surface area contributed by atoms with E-state index in [9.17, 15) is 4.79 Å². The Morgan fingerprint density at radius 2 is 1.14 bits per heavy atom. The van der Waals surface area contributed by atoms with Crippen LogP contribution >= 0.6 is 0 Å². The Bertz CT molecular complexity index is 118. The van der Waals surface area contributed by atoms with Gasteiger partial charge in [-0.05, 0) is 32.1 Å². The zero-order valence-corrected chi connectivity index (χ0v) is 9.60. The first-order valence-electron chi connectivity index (χ1n) is 5.65. The molecule has 2 rings (SSSR count). The number of Topliss-reactive ketones (excluding diaryl/α,β-unsaturated/α-hetero) is 1. The highest BCUT2D eigenvalue weighted by Gasteiger charge is 2.30. The maximum atomic E-state index is 9.44. The zero-order chi connectivity index (χ0) is 10.3. The average Bonchev–Trinajstić information content (AvgIpc) is 2.69. The minimum atomic E-state index is 0. The lowest BCUT2D eigenvalue weighted by molar-refractivity contribution is -0.114. The minimum absolute atomic E-state index is 0. The Kier molecular flexibility index (Phi) is 10.6. The maximum Gasteiger partial charge on any atom is 0.126 e. The molecule has 1 nitrogen and oxygen atoms in total. The predicted molar refractivity (Wildman–Crippen MR) is 64.5 cm³/mol. The zero-order valence-electron chi connectivity index (χ0n) is 9.60. The fourth-order valence-electron chi connectivity index (χ4n) is 2.17. The first-order valence-corrected chi connectivity index (χ1v) is 5.65. The maximum absolute atomic E-state index is 9.44. The number of carbonyl (C=O) groups excluding carboxylic acids is 1. The van der Waals surface area contributed by atoms with Crippen molar-refractivity contribution in [2.24, 2.45) is 11.8 Å². The Morgan fingerprint density at radius 1 is 0.929 bits per heavy atom. The van der Waals surface area contributed by atoms with E-state index in [4.69, 9.17) is 0 Å². The van der Waals surface area contributed by atoms with Crippen LogP contribution in [0.5, 0.6) is 0 Å². The van der Waals surface area contributed by atoms with Crippen LogP contribution in [0, 0.1) is 11.8 Å². The second kappa shape index (κ2) is 9.23. The van der Waals surface area contributed by atoms with Gasteiger partial charge in [-0.1, -0.05) is 47.0 Å². The number of ketones is 1. The summed E-state index contributed by atoms with van der Waals surface area (Å²) in [5.74, 6) is 2.51. The summed E-state index contributed by atoms with van der Waals surface area (Å²) in [5, 5.41) is 0. The molecule has 14 heavy (non-hydrogen) atoms. The summed E-state index contributed by atoms with van der Waals surface area (Å²) in [6, 6.07) is 0. The molecule has 0 aromatic heterocycles.